The Morgan fingerprint density at radius 1 is 1.08 bits per heavy atom. The predicted octanol–water partition coefficient (Wildman–Crippen LogP) is 1.15. The number of hydrogen-bond acceptors (Lipinski definition) is 3. The minimum Gasteiger partial charge on any atom is -0.462 e. The quantitative estimate of drug-likeness (QED) is 0.614. The van der Waals surface area contributed by atoms with Crippen molar-refractivity contribution < 1.29 is 14.2 Å². The van der Waals surface area contributed by atoms with Crippen molar-refractivity contribution in [2.45, 2.75) is 18.7 Å². The van der Waals surface area contributed by atoms with E-state index in [0.717, 1.165) is 5.75 Å². The van der Waals surface area contributed by atoms with Gasteiger partial charge in [0.25, 0.3) is 0 Å². The van der Waals surface area contributed by atoms with Crippen LogP contribution in [0.2, 0.25) is 0 Å². The van der Waals surface area contributed by atoms with Crippen LogP contribution in [-0.2, 0) is 9.47 Å². The van der Waals surface area contributed by atoms with Crippen molar-refractivity contribution in [3.63, 3.8) is 0 Å². The van der Waals surface area contributed by atoms with Gasteiger partial charge in [-0.1, -0.05) is 18.2 Å². The molecule has 3 rings (SSSR count). The lowest BCUT2D eigenvalue weighted by molar-refractivity contribution is -0.152. The topological polar surface area (TPSA) is 31.0 Å². The van der Waals surface area contributed by atoms with Crippen molar-refractivity contribution in [2.24, 2.45) is 0 Å². The highest BCUT2D eigenvalue weighted by Gasteiger charge is 2.60. The Balaban J connectivity index is 1.68. The molecule has 2 saturated heterocycles. The summed E-state index contributed by atoms with van der Waals surface area (Å²) in [5, 5.41) is 0. The standard InChI is InChI=1S/C9H8O3/c1-2-4-6(5-3-1)10-8-7-9(11-7)12-8/h1-5,7-9H. The Labute approximate surface area is 69.9 Å². The number of para-hydroxylation sites is 1. The van der Waals surface area contributed by atoms with Gasteiger partial charge in [-0.15, -0.1) is 0 Å². The van der Waals surface area contributed by atoms with Gasteiger partial charge in [-0.05, 0) is 12.1 Å². The maximum absolute atomic E-state index is 5.46. The van der Waals surface area contributed by atoms with E-state index >= 15 is 0 Å². The van der Waals surface area contributed by atoms with Gasteiger partial charge in [-0.3, -0.25) is 0 Å². The van der Waals surface area contributed by atoms with Crippen molar-refractivity contribution in [1.82, 2.24) is 0 Å². The summed E-state index contributed by atoms with van der Waals surface area (Å²) in [6.07, 6.45) is 0.0290. The molecule has 0 radical (unpaired) electrons. The third-order valence-electron chi connectivity index (χ3n) is 2.01. The van der Waals surface area contributed by atoms with Gasteiger partial charge in [0.05, 0.1) is 0 Å². The van der Waals surface area contributed by atoms with Crippen molar-refractivity contribution >= 4 is 0 Å². The van der Waals surface area contributed by atoms with Crippen LogP contribution in [0.4, 0.5) is 0 Å². The molecule has 0 spiro atoms. The van der Waals surface area contributed by atoms with Crippen LogP contribution in [0.1, 0.15) is 0 Å². The van der Waals surface area contributed by atoms with Crippen LogP contribution in [-0.4, -0.2) is 18.7 Å². The van der Waals surface area contributed by atoms with E-state index in [9.17, 15) is 0 Å². The molecule has 0 N–H and O–H groups in total. The van der Waals surface area contributed by atoms with Crippen LogP contribution in [0, 0.1) is 0 Å². The van der Waals surface area contributed by atoms with Crippen LogP contribution in [0.25, 0.3) is 0 Å². The summed E-state index contributed by atoms with van der Waals surface area (Å²) in [5.74, 6) is 0.830. The molecule has 0 aromatic heterocycles. The summed E-state index contributed by atoms with van der Waals surface area (Å²) < 4.78 is 15.7. The maximum Gasteiger partial charge on any atom is 0.233 e. The first kappa shape index (κ1) is 6.46. The number of benzene rings is 1. The van der Waals surface area contributed by atoms with Crippen molar-refractivity contribution in [3.8, 4) is 5.75 Å². The second kappa shape index (κ2) is 2.21. The van der Waals surface area contributed by atoms with E-state index in [1.54, 1.807) is 0 Å². The fourth-order valence-electron chi connectivity index (χ4n) is 1.26. The summed E-state index contributed by atoms with van der Waals surface area (Å²) in [7, 11) is 0. The first-order chi connectivity index (χ1) is 5.93. The van der Waals surface area contributed by atoms with Gasteiger partial charge in [0.2, 0.25) is 6.29 Å². The van der Waals surface area contributed by atoms with Gasteiger partial charge in [0, 0.05) is 0 Å². The summed E-state index contributed by atoms with van der Waals surface area (Å²) in [6.45, 7) is 0. The van der Waals surface area contributed by atoms with E-state index in [2.05, 4.69) is 0 Å². The summed E-state index contributed by atoms with van der Waals surface area (Å²) >= 11 is 0. The Morgan fingerprint density at radius 2 is 1.92 bits per heavy atom. The van der Waals surface area contributed by atoms with Crippen LogP contribution in [0.15, 0.2) is 30.3 Å². The first-order valence-electron chi connectivity index (χ1n) is 3.96. The van der Waals surface area contributed by atoms with Gasteiger partial charge in [-0.2, -0.15) is 0 Å². The number of ether oxygens (including phenoxy) is 3. The van der Waals surface area contributed by atoms with Crippen molar-refractivity contribution in [3.05, 3.63) is 30.3 Å². The summed E-state index contributed by atoms with van der Waals surface area (Å²) in [6, 6.07) is 9.61. The Hall–Kier alpha value is -1.06. The first-order valence-corrected chi connectivity index (χ1v) is 3.96. The molecule has 62 valence electrons. The number of hydrogen-bond donors (Lipinski definition) is 0. The molecular weight excluding hydrogens is 156 g/mol. The molecule has 0 saturated carbocycles. The molecule has 3 nitrogen and oxygen atoms in total. The van der Waals surface area contributed by atoms with Crippen LogP contribution in [0.5, 0.6) is 5.75 Å². The number of rotatable bonds is 2. The van der Waals surface area contributed by atoms with Gasteiger partial charge in [-0.25, -0.2) is 0 Å². The molecule has 2 aliphatic heterocycles. The third-order valence-corrected chi connectivity index (χ3v) is 2.01. The highest BCUT2D eigenvalue weighted by atomic mass is 16.9. The summed E-state index contributed by atoms with van der Waals surface area (Å²) in [4.78, 5) is 0. The molecule has 12 heavy (non-hydrogen) atoms. The van der Waals surface area contributed by atoms with Crippen LogP contribution in [0.3, 0.4) is 0 Å². The zero-order chi connectivity index (χ0) is 7.97. The molecule has 0 aliphatic carbocycles. The molecule has 3 unspecified atom stereocenters. The number of epoxide rings is 1. The SMILES string of the molecule is c1ccc(OC2OC3OC23)cc1. The highest BCUT2D eigenvalue weighted by molar-refractivity contribution is 5.21. The maximum atomic E-state index is 5.46. The molecule has 2 fully saturated rings. The molecule has 0 amide bonds. The molecule has 0 bridgehead atoms. The molecule has 1 aromatic carbocycles. The molecule has 3 heteroatoms. The second-order valence-electron chi connectivity index (χ2n) is 2.90. The zero-order valence-electron chi connectivity index (χ0n) is 6.34. The average molecular weight is 164 g/mol. The lowest BCUT2D eigenvalue weighted by atomic mass is 10.3. The molecular formula is C9H8O3. The van der Waals surface area contributed by atoms with Crippen LogP contribution >= 0.6 is 0 Å². The Kier molecular flexibility index (Phi) is 1.19. The van der Waals surface area contributed by atoms with Crippen molar-refractivity contribution in [1.29, 1.82) is 0 Å². The normalized spacial score (nSPS) is 36.5. The largest absolute Gasteiger partial charge is 0.462 e. The smallest absolute Gasteiger partial charge is 0.233 e. The number of fused-ring (bicyclic) bond motifs is 1. The van der Waals surface area contributed by atoms with E-state index in [1.165, 1.54) is 0 Å². The van der Waals surface area contributed by atoms with E-state index in [1.807, 2.05) is 30.3 Å². The van der Waals surface area contributed by atoms with E-state index < -0.39 is 0 Å². The average Bonchev–Trinajstić information content (AvgIpc) is 2.75. The molecule has 1 aromatic rings. The highest BCUT2D eigenvalue weighted by Crippen LogP contribution is 2.40. The summed E-state index contributed by atoms with van der Waals surface area (Å²) in [5.41, 5.74) is 0. The van der Waals surface area contributed by atoms with E-state index in [-0.39, 0.29) is 18.7 Å². The Bertz CT molecular complexity index is 285. The second-order valence-corrected chi connectivity index (χ2v) is 2.90. The van der Waals surface area contributed by atoms with E-state index in [4.69, 9.17) is 14.2 Å². The van der Waals surface area contributed by atoms with Crippen LogP contribution < -0.4 is 4.74 Å². The van der Waals surface area contributed by atoms with E-state index in [0.29, 0.717) is 0 Å². The van der Waals surface area contributed by atoms with Gasteiger partial charge >= 0.3 is 0 Å². The lowest BCUT2D eigenvalue weighted by Crippen LogP contribution is -2.38. The monoisotopic (exact) mass is 164 g/mol. The minimum absolute atomic E-state index is 0.0266. The van der Waals surface area contributed by atoms with Gasteiger partial charge in [0.15, 0.2) is 12.4 Å². The predicted molar refractivity (Wildman–Crippen MR) is 40.6 cm³/mol. The molecule has 2 aliphatic rings. The van der Waals surface area contributed by atoms with Crippen molar-refractivity contribution in [2.75, 3.05) is 0 Å². The lowest BCUT2D eigenvalue weighted by Gasteiger charge is -2.21. The fraction of sp³-hybridized carbons (Fsp3) is 0.333. The zero-order valence-corrected chi connectivity index (χ0v) is 6.34. The molecule has 2 heterocycles. The minimum atomic E-state index is -0.183. The van der Waals surface area contributed by atoms with Gasteiger partial charge in [0.1, 0.15) is 5.75 Å². The molecule has 3 atom stereocenters. The Morgan fingerprint density at radius 3 is 2.50 bits per heavy atom. The fourth-order valence-corrected chi connectivity index (χ4v) is 1.26. The third kappa shape index (κ3) is 0.906. The van der Waals surface area contributed by atoms with Gasteiger partial charge < -0.3 is 14.2 Å².